The van der Waals surface area contributed by atoms with E-state index in [2.05, 4.69) is 60.8 Å². The molecule has 3 N–H and O–H groups in total. The van der Waals surface area contributed by atoms with Crippen LogP contribution in [-0.4, -0.2) is 154 Å². The van der Waals surface area contributed by atoms with Crippen LogP contribution in [-0.2, 0) is 70.2 Å². The van der Waals surface area contributed by atoms with Crippen LogP contribution in [0.25, 0.3) is 52.2 Å². The maximum Gasteiger partial charge on any atom is 0.303 e. The fraction of sp³-hybridized carbons (Fsp3) is 0.651. The molecule has 0 radical (unpaired) electrons. The summed E-state index contributed by atoms with van der Waals surface area (Å²) in [6.45, 7) is 2.81. The number of rotatable bonds is 26. The minimum absolute atomic E-state index is 0.00263. The molecule has 392 valence electrons. The van der Waals surface area contributed by atoms with Crippen molar-refractivity contribution in [3.8, 4) is 0 Å². The van der Waals surface area contributed by atoms with Crippen molar-refractivity contribution >= 4 is 17.8 Å². The zero-order valence-corrected chi connectivity index (χ0v) is 40.2. The summed E-state index contributed by atoms with van der Waals surface area (Å²) in [5.41, 5.74) is 50.0. The van der Waals surface area contributed by atoms with E-state index in [9.17, 15) is 41.6 Å². The Kier molecular flexibility index (Phi) is 23.0. The molecule has 3 fully saturated rings. The molecule has 16 atom stereocenters. The third kappa shape index (κ3) is 16.3. The third-order valence-corrected chi connectivity index (χ3v) is 11.8. The molecule has 1 amide bonds. The number of benzene rings is 2. The minimum atomic E-state index is -1.77. The predicted octanol–water partition coefficient (Wildman–Crippen LogP) is 5.16. The van der Waals surface area contributed by atoms with E-state index in [0.29, 0.717) is 5.56 Å². The van der Waals surface area contributed by atoms with Crippen LogP contribution in [0.1, 0.15) is 44.7 Å². The Balaban J connectivity index is 1.69. The summed E-state index contributed by atoms with van der Waals surface area (Å²) in [6.07, 6.45) is -17.9. The van der Waals surface area contributed by atoms with Crippen LogP contribution in [0.5, 0.6) is 0 Å². The fourth-order valence-electron chi connectivity index (χ4n) is 8.63. The Morgan fingerprint density at radius 1 is 0.699 bits per heavy atom. The van der Waals surface area contributed by atoms with Gasteiger partial charge in [0.1, 0.15) is 42.6 Å². The number of ether oxygens (including phenoxy) is 9. The molecule has 0 aromatic heterocycles. The molecule has 0 bridgehead atoms. The highest BCUT2D eigenvalue weighted by atomic mass is 16.7. The number of azide groups is 5. The number of nitrogens with zero attached hydrogens (tertiary/aromatic N) is 15. The van der Waals surface area contributed by atoms with Crippen molar-refractivity contribution < 1.29 is 62.1 Å². The molecule has 2 heterocycles. The van der Waals surface area contributed by atoms with Crippen LogP contribution in [0.4, 0.5) is 0 Å². The molecule has 30 heteroatoms. The Labute approximate surface area is 417 Å². The van der Waals surface area contributed by atoms with Gasteiger partial charge in [-0.25, -0.2) is 0 Å². The maximum absolute atomic E-state index is 13.7. The molecule has 0 spiro atoms. The van der Waals surface area contributed by atoms with Crippen LogP contribution >= 0.6 is 0 Å². The van der Waals surface area contributed by atoms with Crippen molar-refractivity contribution in [2.75, 3.05) is 33.3 Å². The molecule has 7 unspecified atom stereocenters. The highest BCUT2D eigenvalue weighted by Crippen LogP contribution is 2.39. The molecule has 2 aliphatic heterocycles. The summed E-state index contributed by atoms with van der Waals surface area (Å²) < 4.78 is 57.0. The standard InChI is InChI=1S/C43H57N17O13/c1-23-32(54-59-47)38(69-24(2)61)40(70-25(3)62)43(68-23)73-39-34(65-18-17-50-56-44)28(52-41(64)30(63)15-16-49-4)19-29(53-58-46)35(39)72-42-33(55-60-48)37(67-22-27-13-9-6-10-14-27)36(31(71-42)20-51-57-45)66-21-26-11-7-5-8-12-26/h5-14,23,28-40,42-43,49,63H,15-22H2,1-4H3,(H,52,64)/t23?,28-,29?,30+,31?,32-,33?,34?,35?,36+,37+,38+,39-,40?,42-,43+/m1/s1. The molecule has 1 saturated carbocycles. The maximum atomic E-state index is 13.7. The van der Waals surface area contributed by atoms with Crippen molar-refractivity contribution in [3.05, 3.63) is 124 Å². The molecule has 3 aliphatic rings. The van der Waals surface area contributed by atoms with Crippen molar-refractivity contribution in [3.63, 3.8) is 0 Å². The second-order valence-corrected chi connectivity index (χ2v) is 16.7. The number of aliphatic hydroxyl groups is 1. The first kappa shape index (κ1) is 56.9. The molecule has 1 aliphatic carbocycles. The number of carbonyl (C=O) groups excluding carboxylic acids is 3. The molecule has 73 heavy (non-hydrogen) atoms. The van der Waals surface area contributed by atoms with Crippen LogP contribution in [0.15, 0.2) is 86.2 Å². The summed E-state index contributed by atoms with van der Waals surface area (Å²) in [5.74, 6) is -2.64. The van der Waals surface area contributed by atoms with E-state index in [1.807, 2.05) is 36.4 Å². The lowest BCUT2D eigenvalue weighted by atomic mass is 9.83. The van der Waals surface area contributed by atoms with Gasteiger partial charge < -0.3 is 58.4 Å². The lowest BCUT2D eigenvalue weighted by Gasteiger charge is -2.51. The van der Waals surface area contributed by atoms with Gasteiger partial charge in [0.25, 0.3) is 0 Å². The fourth-order valence-corrected chi connectivity index (χ4v) is 8.63. The van der Waals surface area contributed by atoms with Gasteiger partial charge in [0.2, 0.25) is 5.91 Å². The molecular weight excluding hydrogens is 963 g/mol. The van der Waals surface area contributed by atoms with Crippen molar-refractivity contribution in [2.24, 2.45) is 25.6 Å². The first-order chi connectivity index (χ1) is 35.4. The summed E-state index contributed by atoms with van der Waals surface area (Å²) in [6, 6.07) is 12.7. The minimum Gasteiger partial charge on any atom is -0.458 e. The van der Waals surface area contributed by atoms with Gasteiger partial charge in [0, 0.05) is 45.0 Å². The van der Waals surface area contributed by atoms with Crippen LogP contribution in [0.3, 0.4) is 0 Å². The predicted molar refractivity (Wildman–Crippen MR) is 252 cm³/mol. The quantitative estimate of drug-likeness (QED) is 0.0360. The van der Waals surface area contributed by atoms with Gasteiger partial charge in [0.05, 0.1) is 56.8 Å². The second kappa shape index (κ2) is 29.5. The first-order valence-electron chi connectivity index (χ1n) is 23.0. The Morgan fingerprint density at radius 3 is 1.88 bits per heavy atom. The topological polar surface area (TPSA) is 422 Å². The first-order valence-corrected chi connectivity index (χ1v) is 23.0. The van der Waals surface area contributed by atoms with Gasteiger partial charge >= 0.3 is 11.9 Å². The van der Waals surface area contributed by atoms with Crippen LogP contribution in [0.2, 0.25) is 0 Å². The van der Waals surface area contributed by atoms with Gasteiger partial charge in [-0.2, -0.15) is 0 Å². The van der Waals surface area contributed by atoms with E-state index in [1.54, 1.807) is 31.3 Å². The molecule has 2 aromatic carbocycles. The normalized spacial score (nSPS) is 30.0. The lowest BCUT2D eigenvalue weighted by Crippen LogP contribution is -2.68. The highest BCUT2D eigenvalue weighted by molar-refractivity contribution is 5.80. The molecule has 2 aromatic rings. The van der Waals surface area contributed by atoms with E-state index in [-0.39, 0.29) is 52.3 Å². The SMILES string of the molecule is CNCC[C@H](O)C(=O)N[C@@H]1CC(N=[N+]=[N-])C(O[C@H]2OC(CN=[N+]=[N-])[C@H](OCc3ccccc3)[C@@H](OCc3ccccc3)C2N=[N+]=[N-])[C@H](O[C@@H]2OC(C)[C@@H](N=[N+]=[N-])[C@H](OC(C)=O)C2OC(C)=O)C1OCCN=[N+]=[N-]. The van der Waals surface area contributed by atoms with Crippen molar-refractivity contribution in [1.82, 2.24) is 10.6 Å². The van der Waals surface area contributed by atoms with Gasteiger partial charge in [-0.15, -0.1) is 0 Å². The highest BCUT2D eigenvalue weighted by Gasteiger charge is 2.56. The average Bonchev–Trinajstić information content (AvgIpc) is 3.37. The summed E-state index contributed by atoms with van der Waals surface area (Å²) in [4.78, 5) is 53.9. The van der Waals surface area contributed by atoms with Crippen molar-refractivity contribution in [1.29, 1.82) is 0 Å². The number of hydrogen-bond donors (Lipinski definition) is 3. The van der Waals surface area contributed by atoms with Gasteiger partial charge in [-0.05, 0) is 72.1 Å². The summed E-state index contributed by atoms with van der Waals surface area (Å²) in [5, 5.41) is 35.7. The van der Waals surface area contributed by atoms with E-state index in [0.717, 1.165) is 19.4 Å². The van der Waals surface area contributed by atoms with Crippen LogP contribution in [0, 0.1) is 0 Å². The molecule has 2 saturated heterocycles. The number of amides is 1. The number of hydrogen-bond acceptors (Lipinski definition) is 19. The zero-order valence-electron chi connectivity index (χ0n) is 40.2. The summed E-state index contributed by atoms with van der Waals surface area (Å²) in [7, 11) is 1.63. The van der Waals surface area contributed by atoms with Gasteiger partial charge in [-0.1, -0.05) is 86.2 Å². The van der Waals surface area contributed by atoms with Crippen molar-refractivity contribution in [2.45, 2.75) is 145 Å². The van der Waals surface area contributed by atoms with E-state index in [1.165, 1.54) is 6.92 Å². The number of esters is 2. The molecular formula is C43H57N17O13. The zero-order chi connectivity index (χ0) is 52.7. The van der Waals surface area contributed by atoms with E-state index >= 15 is 0 Å². The van der Waals surface area contributed by atoms with Crippen LogP contribution < -0.4 is 10.6 Å². The summed E-state index contributed by atoms with van der Waals surface area (Å²) >= 11 is 0. The lowest BCUT2D eigenvalue weighted by molar-refractivity contribution is -0.335. The van der Waals surface area contributed by atoms with E-state index < -0.39 is 116 Å². The molecule has 30 nitrogen and oxygen atoms in total. The smallest absolute Gasteiger partial charge is 0.303 e. The van der Waals surface area contributed by atoms with Gasteiger partial charge in [0.15, 0.2) is 24.8 Å². The Morgan fingerprint density at radius 2 is 1.29 bits per heavy atom. The number of carbonyl (C=O) groups is 3. The van der Waals surface area contributed by atoms with Gasteiger partial charge in [-0.3, -0.25) is 14.4 Å². The van der Waals surface area contributed by atoms with E-state index in [4.69, 9.17) is 48.2 Å². The number of nitrogens with one attached hydrogen (secondary N) is 2. The Bertz CT molecular complexity index is 2370. The monoisotopic (exact) mass is 1020 g/mol. The number of aliphatic hydroxyl groups excluding tert-OH is 1. The third-order valence-electron chi connectivity index (χ3n) is 11.8. The average molecular weight is 1020 g/mol. The molecule has 5 rings (SSSR count). The second-order valence-electron chi connectivity index (χ2n) is 16.7. The Hall–Kier alpha value is -6.96. The largest absolute Gasteiger partial charge is 0.458 e.